The number of methoxy groups -OCH3 is 1. The number of ether oxygens (including phenoxy) is 1. The third-order valence-electron chi connectivity index (χ3n) is 2.74. The van der Waals surface area contributed by atoms with E-state index in [9.17, 15) is 4.79 Å². The second kappa shape index (κ2) is 6.77. The van der Waals surface area contributed by atoms with E-state index in [1.54, 1.807) is 6.20 Å². The third kappa shape index (κ3) is 4.16. The molecule has 0 saturated heterocycles. The maximum atomic E-state index is 10.9. The van der Waals surface area contributed by atoms with Gasteiger partial charge in [0.1, 0.15) is 0 Å². The normalized spacial score (nSPS) is 26.5. The summed E-state index contributed by atoms with van der Waals surface area (Å²) in [7, 11) is 1.39. The van der Waals surface area contributed by atoms with Gasteiger partial charge >= 0.3 is 5.97 Å². The Morgan fingerprint density at radius 1 is 1.47 bits per heavy atom. The van der Waals surface area contributed by atoms with E-state index >= 15 is 0 Å². The number of hydrogen-bond donors (Lipinski definition) is 1. The van der Waals surface area contributed by atoms with Crippen molar-refractivity contribution in [1.82, 2.24) is 5.32 Å². The molecular formula is C11H19NO2S. The van der Waals surface area contributed by atoms with E-state index in [0.717, 1.165) is 0 Å². The van der Waals surface area contributed by atoms with Gasteiger partial charge in [0, 0.05) is 23.6 Å². The molecule has 1 N–H and O–H groups in total. The lowest BCUT2D eigenvalue weighted by Crippen LogP contribution is -2.37. The van der Waals surface area contributed by atoms with Crippen molar-refractivity contribution in [3.05, 3.63) is 12.3 Å². The quantitative estimate of drug-likeness (QED) is 0.590. The van der Waals surface area contributed by atoms with Crippen LogP contribution in [0.15, 0.2) is 12.3 Å². The fraction of sp³-hybridized carbons (Fsp3) is 0.727. The zero-order valence-electron chi connectivity index (χ0n) is 9.36. The van der Waals surface area contributed by atoms with Crippen LogP contribution in [0.25, 0.3) is 0 Å². The Labute approximate surface area is 95.6 Å². The number of rotatable bonds is 4. The lowest BCUT2D eigenvalue weighted by molar-refractivity contribution is -0.134. The molecular weight excluding hydrogens is 210 g/mol. The zero-order chi connectivity index (χ0) is 11.1. The van der Waals surface area contributed by atoms with Crippen LogP contribution in [0.5, 0.6) is 0 Å². The Morgan fingerprint density at radius 2 is 2.20 bits per heavy atom. The highest BCUT2D eigenvalue weighted by atomic mass is 32.2. The van der Waals surface area contributed by atoms with Crippen molar-refractivity contribution in [3.8, 4) is 0 Å². The molecule has 1 aliphatic rings. The molecule has 0 aromatic rings. The Morgan fingerprint density at radius 3 is 2.87 bits per heavy atom. The minimum absolute atomic E-state index is 0.306. The first kappa shape index (κ1) is 12.4. The van der Waals surface area contributed by atoms with Crippen molar-refractivity contribution in [2.24, 2.45) is 0 Å². The first-order chi connectivity index (χ1) is 7.27. The Bertz CT molecular complexity index is 231. The minimum atomic E-state index is -0.306. The molecule has 86 valence electrons. The molecule has 0 bridgehead atoms. The van der Waals surface area contributed by atoms with Crippen LogP contribution in [0, 0.1) is 0 Å². The smallest absolute Gasteiger partial charge is 0.331 e. The van der Waals surface area contributed by atoms with Crippen LogP contribution in [0.1, 0.15) is 25.7 Å². The number of thioether (sulfide) groups is 1. The lowest BCUT2D eigenvalue weighted by atomic mass is 9.95. The van der Waals surface area contributed by atoms with Gasteiger partial charge in [-0.2, -0.15) is 11.8 Å². The summed E-state index contributed by atoms with van der Waals surface area (Å²) in [5.41, 5.74) is 0. The standard InChI is InChI=1S/C11H19NO2S/c1-14-11(13)7-8-12-9-5-3-4-6-10(9)15-2/h7-10,12H,3-6H2,1-2H3/b8-7+. The molecule has 0 aromatic heterocycles. The molecule has 0 aromatic carbocycles. The van der Waals surface area contributed by atoms with Gasteiger partial charge in [0.25, 0.3) is 0 Å². The predicted molar refractivity (Wildman–Crippen MR) is 63.9 cm³/mol. The van der Waals surface area contributed by atoms with E-state index in [4.69, 9.17) is 0 Å². The largest absolute Gasteiger partial charge is 0.466 e. The van der Waals surface area contributed by atoms with Crippen LogP contribution < -0.4 is 5.32 Å². The van der Waals surface area contributed by atoms with Gasteiger partial charge < -0.3 is 10.1 Å². The van der Waals surface area contributed by atoms with Crippen LogP contribution in [0.2, 0.25) is 0 Å². The van der Waals surface area contributed by atoms with Gasteiger partial charge in [0.2, 0.25) is 0 Å². The minimum Gasteiger partial charge on any atom is -0.466 e. The fourth-order valence-corrected chi connectivity index (χ4v) is 2.82. The summed E-state index contributed by atoms with van der Waals surface area (Å²) in [4.78, 5) is 10.9. The van der Waals surface area contributed by atoms with Crippen molar-refractivity contribution in [3.63, 3.8) is 0 Å². The van der Waals surface area contributed by atoms with Crippen LogP contribution in [-0.4, -0.2) is 30.6 Å². The van der Waals surface area contributed by atoms with Gasteiger partial charge in [0.05, 0.1) is 7.11 Å². The molecule has 0 aliphatic heterocycles. The highest BCUT2D eigenvalue weighted by Crippen LogP contribution is 2.26. The summed E-state index contributed by atoms with van der Waals surface area (Å²) in [5.74, 6) is -0.306. The van der Waals surface area contributed by atoms with E-state index in [-0.39, 0.29) is 5.97 Å². The number of carbonyl (C=O) groups is 1. The van der Waals surface area contributed by atoms with Gasteiger partial charge in [-0.3, -0.25) is 0 Å². The molecule has 2 atom stereocenters. The Kier molecular flexibility index (Phi) is 5.61. The maximum absolute atomic E-state index is 10.9. The first-order valence-electron chi connectivity index (χ1n) is 5.31. The average Bonchev–Trinajstić information content (AvgIpc) is 2.29. The van der Waals surface area contributed by atoms with E-state index < -0.39 is 0 Å². The van der Waals surface area contributed by atoms with E-state index in [2.05, 4.69) is 16.3 Å². The molecule has 4 heteroatoms. The van der Waals surface area contributed by atoms with Crippen molar-refractivity contribution in [2.45, 2.75) is 37.0 Å². The summed E-state index contributed by atoms with van der Waals surface area (Å²) >= 11 is 1.91. The summed E-state index contributed by atoms with van der Waals surface area (Å²) in [6.45, 7) is 0. The second-order valence-electron chi connectivity index (χ2n) is 3.69. The molecule has 1 saturated carbocycles. The topological polar surface area (TPSA) is 38.3 Å². The Balaban J connectivity index is 2.35. The molecule has 1 rings (SSSR count). The molecule has 0 heterocycles. The van der Waals surface area contributed by atoms with Crippen molar-refractivity contribution >= 4 is 17.7 Å². The van der Waals surface area contributed by atoms with E-state index in [1.807, 2.05) is 11.8 Å². The van der Waals surface area contributed by atoms with Crippen LogP contribution in [0.4, 0.5) is 0 Å². The van der Waals surface area contributed by atoms with Crippen LogP contribution in [-0.2, 0) is 9.53 Å². The van der Waals surface area contributed by atoms with Gasteiger partial charge in [-0.15, -0.1) is 0 Å². The molecule has 0 radical (unpaired) electrons. The molecule has 2 unspecified atom stereocenters. The van der Waals surface area contributed by atoms with Gasteiger partial charge in [0.15, 0.2) is 0 Å². The highest BCUT2D eigenvalue weighted by Gasteiger charge is 2.22. The monoisotopic (exact) mass is 229 g/mol. The second-order valence-corrected chi connectivity index (χ2v) is 4.77. The SMILES string of the molecule is COC(=O)/C=C/NC1CCCCC1SC. The van der Waals surface area contributed by atoms with E-state index in [0.29, 0.717) is 11.3 Å². The maximum Gasteiger partial charge on any atom is 0.331 e. The molecule has 1 aliphatic carbocycles. The van der Waals surface area contributed by atoms with Crippen molar-refractivity contribution < 1.29 is 9.53 Å². The van der Waals surface area contributed by atoms with Gasteiger partial charge in [-0.25, -0.2) is 4.79 Å². The molecule has 0 amide bonds. The number of esters is 1. The van der Waals surface area contributed by atoms with Crippen molar-refractivity contribution in [1.29, 1.82) is 0 Å². The average molecular weight is 229 g/mol. The first-order valence-corrected chi connectivity index (χ1v) is 6.60. The predicted octanol–water partition coefficient (Wildman–Crippen LogP) is 1.94. The number of carbonyl (C=O) groups excluding carboxylic acids is 1. The molecule has 0 spiro atoms. The molecule has 15 heavy (non-hydrogen) atoms. The fourth-order valence-electron chi connectivity index (χ4n) is 1.88. The van der Waals surface area contributed by atoms with E-state index in [1.165, 1.54) is 38.9 Å². The summed E-state index contributed by atoms with van der Waals surface area (Å²) in [6.07, 6.45) is 10.4. The lowest BCUT2D eigenvalue weighted by Gasteiger charge is -2.30. The number of hydrogen-bond acceptors (Lipinski definition) is 4. The number of nitrogens with one attached hydrogen (secondary N) is 1. The summed E-state index contributed by atoms with van der Waals surface area (Å²) in [5, 5.41) is 3.95. The van der Waals surface area contributed by atoms with Crippen LogP contribution >= 0.6 is 11.8 Å². The molecule has 3 nitrogen and oxygen atoms in total. The summed E-state index contributed by atoms with van der Waals surface area (Å²) in [6, 6.07) is 0.495. The molecule has 1 fully saturated rings. The van der Waals surface area contributed by atoms with Gasteiger partial charge in [-0.05, 0) is 19.1 Å². The van der Waals surface area contributed by atoms with Crippen LogP contribution in [0.3, 0.4) is 0 Å². The van der Waals surface area contributed by atoms with Gasteiger partial charge in [-0.1, -0.05) is 12.8 Å². The zero-order valence-corrected chi connectivity index (χ0v) is 10.2. The third-order valence-corrected chi connectivity index (χ3v) is 3.91. The highest BCUT2D eigenvalue weighted by molar-refractivity contribution is 7.99. The summed E-state index contributed by atoms with van der Waals surface area (Å²) < 4.78 is 4.52. The van der Waals surface area contributed by atoms with Crippen molar-refractivity contribution in [2.75, 3.05) is 13.4 Å². The Hall–Kier alpha value is -0.640.